The van der Waals surface area contributed by atoms with Gasteiger partial charge in [0.2, 0.25) is 0 Å². The van der Waals surface area contributed by atoms with Crippen molar-refractivity contribution in [3.8, 4) is 0 Å². The summed E-state index contributed by atoms with van der Waals surface area (Å²) in [4.78, 5) is 0.0384. The summed E-state index contributed by atoms with van der Waals surface area (Å²) < 4.78 is 0. The summed E-state index contributed by atoms with van der Waals surface area (Å²) in [6.07, 6.45) is 3.71. The summed E-state index contributed by atoms with van der Waals surface area (Å²) in [6.45, 7) is 7.98. The highest BCUT2D eigenvalue weighted by Gasteiger charge is 2.25. The summed E-state index contributed by atoms with van der Waals surface area (Å²) >= 11 is 49.7. The van der Waals surface area contributed by atoms with Gasteiger partial charge in [0, 0.05) is 30.4 Å². The van der Waals surface area contributed by atoms with Crippen LogP contribution in [0.25, 0.3) is 0 Å². The van der Waals surface area contributed by atoms with Gasteiger partial charge in [-0.05, 0) is 64.5 Å². The molecule has 0 aromatic heterocycles. The number of rotatable bonds is 12. The second-order valence-corrected chi connectivity index (χ2v) is 14.4. The number of hydrogen-bond donors (Lipinski definition) is 0. The van der Waals surface area contributed by atoms with Gasteiger partial charge in [-0.15, -0.1) is 46.4 Å². The van der Waals surface area contributed by atoms with Crippen LogP contribution in [-0.4, -0.2) is 41.8 Å². The Balaban J connectivity index is 0. The van der Waals surface area contributed by atoms with Crippen molar-refractivity contribution in [1.82, 2.24) is 0 Å². The fourth-order valence-corrected chi connectivity index (χ4v) is 4.96. The Hall–Kier alpha value is 3.14. The lowest BCUT2D eigenvalue weighted by Crippen LogP contribution is -2.24. The lowest BCUT2D eigenvalue weighted by molar-refractivity contribution is 0.616. The van der Waals surface area contributed by atoms with E-state index in [0.29, 0.717) is 11.8 Å². The first kappa shape index (κ1) is 35.3. The van der Waals surface area contributed by atoms with Gasteiger partial charge in [-0.25, -0.2) is 0 Å². The largest absolute Gasteiger partial charge is 0.121 e. The van der Waals surface area contributed by atoms with E-state index < -0.39 is 0 Å². The van der Waals surface area contributed by atoms with E-state index in [1.807, 2.05) is 27.7 Å². The lowest BCUT2D eigenvalue weighted by Gasteiger charge is -2.23. The van der Waals surface area contributed by atoms with Crippen LogP contribution in [0.4, 0.5) is 0 Å². The van der Waals surface area contributed by atoms with Crippen molar-refractivity contribution in [2.45, 2.75) is 72.8 Å². The average Bonchev–Trinajstić information content (AvgIpc) is 2.66. The highest BCUT2D eigenvalue weighted by molar-refractivity contribution is 9.10. The molecule has 0 nitrogen and oxygen atoms in total. The fourth-order valence-electron chi connectivity index (χ4n) is 2.03. The monoisotopic (exact) mass is 796 g/mol. The van der Waals surface area contributed by atoms with E-state index in [-0.39, 0.29) is 19.4 Å². The predicted molar refractivity (Wildman–Crippen MR) is 159 cm³/mol. The van der Waals surface area contributed by atoms with Gasteiger partial charge in [0.05, 0.1) is 21.5 Å². The van der Waals surface area contributed by atoms with Crippen LogP contribution in [-0.2, 0) is 0 Å². The summed E-state index contributed by atoms with van der Waals surface area (Å²) in [7, 11) is 0. The third-order valence-corrected chi connectivity index (χ3v) is 11.4. The van der Waals surface area contributed by atoms with Gasteiger partial charge in [-0.1, -0.05) is 86.9 Å². The van der Waals surface area contributed by atoms with Crippen molar-refractivity contribution < 1.29 is 0 Å². The number of allylic oxidation sites excluding steroid dienone is 4. The first-order chi connectivity index (χ1) is 13.6. The van der Waals surface area contributed by atoms with Crippen molar-refractivity contribution in [3.63, 3.8) is 0 Å². The summed E-state index contributed by atoms with van der Waals surface area (Å²) in [5.74, 6) is 0.749. The molecule has 180 valence electrons. The fraction of sp³-hybridized carbons (Fsp3) is 0.800. The zero-order valence-electron chi connectivity index (χ0n) is 17.6. The Morgan fingerprint density at radius 2 is 0.967 bits per heavy atom. The molecule has 0 aliphatic carbocycles. The van der Waals surface area contributed by atoms with E-state index in [0.717, 1.165) is 57.6 Å². The van der Waals surface area contributed by atoms with Gasteiger partial charge in [0.15, 0.2) is 0 Å². The number of hydrogen-bond acceptors (Lipinski definition) is 0. The normalized spacial score (nSPS) is 16.2. The van der Waals surface area contributed by atoms with E-state index >= 15 is 0 Å². The van der Waals surface area contributed by atoms with E-state index in [1.54, 1.807) is 0 Å². The highest BCUT2D eigenvalue weighted by atomic mass is 79.9. The van der Waals surface area contributed by atoms with Gasteiger partial charge in [0.1, 0.15) is 0 Å². The number of halogens is 10. The lowest BCUT2D eigenvalue weighted by atomic mass is 10.0. The van der Waals surface area contributed by atoms with Gasteiger partial charge in [-0.2, -0.15) is 0 Å². The Kier molecular flexibility index (Phi) is 21.7. The van der Waals surface area contributed by atoms with E-state index in [2.05, 4.69) is 63.7 Å². The van der Waals surface area contributed by atoms with Gasteiger partial charge in [-0.3, -0.25) is 0 Å². The van der Waals surface area contributed by atoms with Crippen LogP contribution < -0.4 is 0 Å². The Morgan fingerprint density at radius 1 is 0.700 bits per heavy atom. The molecule has 0 saturated carbocycles. The molecule has 0 spiro atoms. The highest BCUT2D eigenvalue weighted by Crippen LogP contribution is 2.32. The first-order valence-corrected chi connectivity index (χ1v) is 15.9. The Labute approximate surface area is 247 Å². The molecule has 2 atom stereocenters. The molecule has 0 bridgehead atoms. The van der Waals surface area contributed by atoms with Gasteiger partial charge in [0.25, 0.3) is 0 Å². The van der Waals surface area contributed by atoms with Crippen LogP contribution in [0.1, 0.15) is 53.4 Å². The summed E-state index contributed by atoms with van der Waals surface area (Å²) in [5, 5.41) is 3.00. The molecule has 0 N–H and O–H groups in total. The van der Waals surface area contributed by atoms with Crippen molar-refractivity contribution in [2.24, 2.45) is 0 Å². The summed E-state index contributed by atoms with van der Waals surface area (Å²) in [5.41, 5.74) is 2.30. The van der Waals surface area contributed by atoms with Crippen LogP contribution in [0.5, 0.6) is 0 Å². The molecule has 0 fully saturated rings. The molecule has 0 saturated heterocycles. The third kappa shape index (κ3) is 16.7. The van der Waals surface area contributed by atoms with E-state index in [9.17, 15) is 0 Å². The van der Waals surface area contributed by atoms with Crippen LogP contribution in [0.15, 0.2) is 21.2 Å². The van der Waals surface area contributed by atoms with Gasteiger partial charge < -0.3 is 0 Å². The first-order valence-electron chi connectivity index (χ1n) is 9.28. The smallest absolute Gasteiger partial charge is 0.0581 e. The van der Waals surface area contributed by atoms with Gasteiger partial charge >= 0.3 is 0 Å². The molecule has 0 radical (unpaired) electrons. The standard InChI is InChI=1S/2C10H15Br2Cl3/c2*1-10(2,15)9(12)4-3-7(5-11)8(14)6-13/h2*9H,3-6H2,1-2H3/b8-7+;8-7-. The molecule has 0 aromatic carbocycles. The molecule has 0 heterocycles. The summed E-state index contributed by atoms with van der Waals surface area (Å²) in [6, 6.07) is 0. The predicted octanol–water partition coefficient (Wildman–Crippen LogP) is 11.3. The van der Waals surface area contributed by atoms with Crippen molar-refractivity contribution >= 4 is 133 Å². The van der Waals surface area contributed by atoms with Crippen molar-refractivity contribution in [1.29, 1.82) is 0 Å². The molecule has 0 aliphatic rings. The zero-order valence-corrected chi connectivity index (χ0v) is 28.5. The topological polar surface area (TPSA) is 0 Å². The average molecular weight is 803 g/mol. The third-order valence-electron chi connectivity index (χ3n) is 4.21. The number of alkyl halides is 8. The molecule has 0 amide bonds. The van der Waals surface area contributed by atoms with Crippen LogP contribution in [0.3, 0.4) is 0 Å². The zero-order chi connectivity index (χ0) is 24.1. The van der Waals surface area contributed by atoms with Crippen LogP contribution >= 0.6 is 133 Å². The second kappa shape index (κ2) is 18.4. The maximum absolute atomic E-state index is 6.19. The van der Waals surface area contributed by atoms with Crippen LogP contribution in [0, 0.1) is 0 Å². The molecule has 0 aliphatic heterocycles. The molecule has 30 heavy (non-hydrogen) atoms. The molecule has 10 heteroatoms. The maximum atomic E-state index is 6.19. The minimum Gasteiger partial charge on any atom is -0.121 e. The van der Waals surface area contributed by atoms with Crippen molar-refractivity contribution in [2.75, 3.05) is 22.4 Å². The molecule has 0 aromatic rings. The molecule has 2 unspecified atom stereocenters. The van der Waals surface area contributed by atoms with Crippen molar-refractivity contribution in [3.05, 3.63) is 21.2 Å². The molecular formula is C20H30Br4Cl6. The second-order valence-electron chi connectivity index (χ2n) is 7.69. The quantitative estimate of drug-likeness (QED) is 0.172. The molecular weight excluding hydrogens is 773 g/mol. The Bertz CT molecular complexity index is 490. The Morgan fingerprint density at radius 3 is 1.13 bits per heavy atom. The van der Waals surface area contributed by atoms with E-state index in [1.165, 1.54) is 0 Å². The minimum atomic E-state index is -0.245. The minimum absolute atomic E-state index is 0.245. The molecule has 0 rings (SSSR count). The van der Waals surface area contributed by atoms with E-state index in [4.69, 9.17) is 69.6 Å². The van der Waals surface area contributed by atoms with Crippen LogP contribution in [0.2, 0.25) is 0 Å². The maximum Gasteiger partial charge on any atom is 0.0581 e. The SMILES string of the molecule is CC(C)(Cl)C(Br)CC/C(CBr)=C(/Cl)CCl.CC(C)(Cl)C(Br)CC/C(CBr)=C(\Cl)CCl.